The van der Waals surface area contributed by atoms with Gasteiger partial charge in [0.15, 0.2) is 8.32 Å². The molecular weight excluding hydrogens is 220 g/mol. The molecule has 0 saturated carbocycles. The number of carbonyl (C=O) groups excluding carboxylic acids is 1. The lowest BCUT2D eigenvalue weighted by Crippen LogP contribution is -2.49. The summed E-state index contributed by atoms with van der Waals surface area (Å²) < 4.78 is 6.01. The maximum absolute atomic E-state index is 12.2. The summed E-state index contributed by atoms with van der Waals surface area (Å²) >= 11 is 0. The van der Waals surface area contributed by atoms with Crippen molar-refractivity contribution in [2.75, 3.05) is 0 Å². The highest BCUT2D eigenvalue weighted by Gasteiger charge is 2.36. The van der Waals surface area contributed by atoms with E-state index < -0.39 is 16.4 Å². The number of rotatable bonds is 5. The second-order valence-corrected chi connectivity index (χ2v) is 16.0. The molecule has 0 amide bonds. The van der Waals surface area contributed by atoms with Crippen molar-refractivity contribution < 1.29 is 9.22 Å². The number of hydrogen-bond acceptors (Lipinski definition) is 2. The van der Waals surface area contributed by atoms with Gasteiger partial charge in [-0.2, -0.15) is 0 Å². The van der Waals surface area contributed by atoms with Crippen LogP contribution in [0.15, 0.2) is 0 Å². The molecule has 0 rings (SSSR count). The van der Waals surface area contributed by atoms with Crippen molar-refractivity contribution in [3.63, 3.8) is 0 Å². The van der Waals surface area contributed by atoms with E-state index in [1.165, 1.54) is 0 Å². The molecule has 0 radical (unpaired) electrons. The molecule has 0 aromatic heterocycles. The van der Waals surface area contributed by atoms with Gasteiger partial charge in [0.05, 0.1) is 0 Å². The molecule has 0 fully saturated rings. The van der Waals surface area contributed by atoms with Gasteiger partial charge in [-0.3, -0.25) is 0 Å². The Balaban J connectivity index is 4.77. The van der Waals surface area contributed by atoms with Gasteiger partial charge in [0, 0.05) is 0 Å². The molecule has 0 aliphatic rings. The van der Waals surface area contributed by atoms with Crippen LogP contribution in [-0.4, -0.2) is 27.9 Å². The summed E-state index contributed by atoms with van der Waals surface area (Å²) in [5, 5.41) is 0.361. The molecule has 0 aromatic carbocycles. The van der Waals surface area contributed by atoms with E-state index in [0.717, 1.165) is 0 Å². The maximum Gasteiger partial charge on any atom is 0.184 e. The molecule has 0 unspecified atom stereocenters. The topological polar surface area (TPSA) is 26.3 Å². The highest BCUT2D eigenvalue weighted by atomic mass is 28.4. The molecule has 0 saturated heterocycles. The smallest absolute Gasteiger partial charge is 0.184 e. The van der Waals surface area contributed by atoms with Crippen molar-refractivity contribution in [2.45, 2.75) is 59.2 Å². The van der Waals surface area contributed by atoms with Crippen LogP contribution in [0.4, 0.5) is 0 Å². The van der Waals surface area contributed by atoms with Crippen molar-refractivity contribution in [3.8, 4) is 0 Å². The minimum atomic E-state index is -1.73. The average Bonchev–Trinajstić information content (AvgIpc) is 1.94. The molecule has 1 atom stereocenters. The highest BCUT2D eigenvalue weighted by Crippen LogP contribution is 2.19. The minimum absolute atomic E-state index is 0.177. The third kappa shape index (κ3) is 5.63. The monoisotopic (exact) mass is 246 g/mol. The van der Waals surface area contributed by atoms with Crippen LogP contribution in [0.5, 0.6) is 0 Å². The fourth-order valence-corrected chi connectivity index (χ4v) is 3.80. The minimum Gasteiger partial charge on any atom is -0.408 e. The van der Waals surface area contributed by atoms with Gasteiger partial charge in [0.25, 0.3) is 0 Å². The molecule has 0 aliphatic heterocycles. The Bertz CT molecular complexity index is 224. The standard InChI is InChI=1S/C11H26O2Si2/c1-9(2)10(13-15(6,7)8)11(12)14(3,4)5/h9-10H,1-8H3/t10-/m0/s1. The number of hydrogen-bond donors (Lipinski definition) is 0. The lowest BCUT2D eigenvalue weighted by molar-refractivity contribution is -0.121. The van der Waals surface area contributed by atoms with Crippen LogP contribution in [0.2, 0.25) is 39.3 Å². The van der Waals surface area contributed by atoms with Gasteiger partial charge in [-0.1, -0.05) is 33.5 Å². The first-order valence-electron chi connectivity index (χ1n) is 5.67. The maximum atomic E-state index is 12.2. The van der Waals surface area contributed by atoms with Gasteiger partial charge in [-0.05, 0) is 25.6 Å². The average molecular weight is 246 g/mol. The van der Waals surface area contributed by atoms with Crippen LogP contribution in [0.3, 0.4) is 0 Å². The van der Waals surface area contributed by atoms with E-state index >= 15 is 0 Å². The van der Waals surface area contributed by atoms with E-state index in [2.05, 4.69) is 53.1 Å². The SMILES string of the molecule is CC(C)[C@H](O[Si](C)(C)C)C(=O)[Si](C)(C)C. The van der Waals surface area contributed by atoms with Gasteiger partial charge < -0.3 is 9.22 Å². The Hall–Kier alpha value is 0.0638. The van der Waals surface area contributed by atoms with E-state index in [1.54, 1.807) is 0 Å². The predicted molar refractivity (Wildman–Crippen MR) is 71.4 cm³/mol. The molecule has 0 spiro atoms. The molecular formula is C11H26O2Si2. The molecule has 0 aliphatic carbocycles. The predicted octanol–water partition coefficient (Wildman–Crippen LogP) is 3.31. The van der Waals surface area contributed by atoms with Gasteiger partial charge in [0.2, 0.25) is 0 Å². The summed E-state index contributed by atoms with van der Waals surface area (Å²) in [6.45, 7) is 16.8. The Morgan fingerprint density at radius 2 is 1.40 bits per heavy atom. The molecule has 4 heteroatoms. The number of carbonyl (C=O) groups is 1. The zero-order chi connectivity index (χ0) is 12.4. The highest BCUT2D eigenvalue weighted by molar-refractivity contribution is 7.04. The van der Waals surface area contributed by atoms with Gasteiger partial charge in [-0.25, -0.2) is 0 Å². The Morgan fingerprint density at radius 3 is 1.60 bits per heavy atom. The Morgan fingerprint density at radius 1 is 1.00 bits per heavy atom. The first-order chi connectivity index (χ1) is 6.45. The zero-order valence-corrected chi connectivity index (χ0v) is 13.5. The molecule has 15 heavy (non-hydrogen) atoms. The summed E-state index contributed by atoms with van der Waals surface area (Å²) in [5.41, 5.74) is 0. The summed E-state index contributed by atoms with van der Waals surface area (Å²) in [5.74, 6) is 0.288. The lowest BCUT2D eigenvalue weighted by Gasteiger charge is -2.31. The van der Waals surface area contributed by atoms with Gasteiger partial charge in [-0.15, -0.1) is 0 Å². The van der Waals surface area contributed by atoms with Crippen LogP contribution in [0, 0.1) is 5.92 Å². The third-order valence-electron chi connectivity index (χ3n) is 2.08. The van der Waals surface area contributed by atoms with Crippen LogP contribution < -0.4 is 0 Å². The van der Waals surface area contributed by atoms with E-state index in [4.69, 9.17) is 4.43 Å². The first kappa shape index (κ1) is 15.1. The van der Waals surface area contributed by atoms with Crippen molar-refractivity contribution in [3.05, 3.63) is 0 Å². The van der Waals surface area contributed by atoms with E-state index in [-0.39, 0.29) is 12.0 Å². The summed E-state index contributed by atoms with van der Waals surface area (Å²) in [6.07, 6.45) is -0.177. The Labute approximate surface area is 96.5 Å². The van der Waals surface area contributed by atoms with E-state index in [9.17, 15) is 4.79 Å². The largest absolute Gasteiger partial charge is 0.408 e. The fraction of sp³-hybridized carbons (Fsp3) is 0.909. The van der Waals surface area contributed by atoms with Crippen LogP contribution in [-0.2, 0) is 9.22 Å². The van der Waals surface area contributed by atoms with Crippen molar-refractivity contribution in [1.29, 1.82) is 0 Å². The van der Waals surface area contributed by atoms with Gasteiger partial charge >= 0.3 is 0 Å². The second-order valence-electron chi connectivity index (χ2n) is 6.51. The third-order valence-corrected chi connectivity index (χ3v) is 4.81. The molecule has 90 valence electrons. The molecule has 0 aromatic rings. The van der Waals surface area contributed by atoms with Crippen LogP contribution in [0.1, 0.15) is 13.8 Å². The van der Waals surface area contributed by atoms with Crippen molar-refractivity contribution in [2.24, 2.45) is 5.92 Å². The normalized spacial score (nSPS) is 15.5. The summed E-state index contributed by atoms with van der Waals surface area (Å²) in [4.78, 5) is 12.2. The van der Waals surface area contributed by atoms with E-state index in [0.29, 0.717) is 5.41 Å². The summed E-state index contributed by atoms with van der Waals surface area (Å²) in [6, 6.07) is 0. The zero-order valence-electron chi connectivity index (χ0n) is 11.5. The van der Waals surface area contributed by atoms with Crippen molar-refractivity contribution >= 4 is 21.8 Å². The van der Waals surface area contributed by atoms with Crippen LogP contribution in [0.25, 0.3) is 0 Å². The second kappa shape index (κ2) is 4.93. The van der Waals surface area contributed by atoms with E-state index in [1.807, 2.05) is 0 Å². The van der Waals surface area contributed by atoms with Gasteiger partial charge in [0.1, 0.15) is 19.6 Å². The van der Waals surface area contributed by atoms with Crippen molar-refractivity contribution in [1.82, 2.24) is 0 Å². The molecule has 2 nitrogen and oxygen atoms in total. The lowest BCUT2D eigenvalue weighted by atomic mass is 10.1. The quantitative estimate of drug-likeness (QED) is 0.696. The molecule has 0 heterocycles. The first-order valence-corrected chi connectivity index (χ1v) is 12.6. The Kier molecular flexibility index (Phi) is 4.95. The van der Waals surface area contributed by atoms with Crippen LogP contribution >= 0.6 is 0 Å². The fourth-order valence-electron chi connectivity index (χ4n) is 1.30. The summed E-state index contributed by atoms with van der Waals surface area (Å²) in [7, 11) is -3.35. The molecule has 0 bridgehead atoms. The molecule has 0 N–H and O–H groups in total.